The van der Waals surface area contributed by atoms with Gasteiger partial charge in [0.05, 0.1) is 24.3 Å². The molecule has 2 aliphatic heterocycles. The molecule has 2 aromatic rings. The van der Waals surface area contributed by atoms with Crippen LogP contribution in [0.4, 0.5) is 0 Å². The van der Waals surface area contributed by atoms with Crippen molar-refractivity contribution in [3.05, 3.63) is 59.0 Å². The highest BCUT2D eigenvalue weighted by Gasteiger charge is 2.40. The first-order valence-electron chi connectivity index (χ1n) is 9.52. The van der Waals surface area contributed by atoms with Crippen molar-refractivity contribution in [3.8, 4) is 0 Å². The number of amides is 2. The fourth-order valence-electron chi connectivity index (χ4n) is 4.09. The Morgan fingerprint density at radius 3 is 2.57 bits per heavy atom. The Kier molecular flexibility index (Phi) is 5.17. The van der Waals surface area contributed by atoms with Crippen LogP contribution in [0.3, 0.4) is 0 Å². The van der Waals surface area contributed by atoms with Gasteiger partial charge in [-0.3, -0.25) is 9.59 Å². The van der Waals surface area contributed by atoms with Gasteiger partial charge in [0.1, 0.15) is 5.76 Å². The zero-order valence-electron chi connectivity index (χ0n) is 15.5. The standard InChI is InChI=1S/C21H23ClN2O4/c22-17-5-3-16(4-6-17)21(27)7-9-23(10-8-21)20(26)15-12-19(25)24(13-15)14-18-2-1-11-28-18/h1-6,11,15,27H,7-10,12-14H2/t15-/m1/s1. The summed E-state index contributed by atoms with van der Waals surface area (Å²) in [5.41, 5.74) is -0.122. The lowest BCUT2D eigenvalue weighted by Gasteiger charge is -2.39. The van der Waals surface area contributed by atoms with Gasteiger partial charge in [0.15, 0.2) is 0 Å². The van der Waals surface area contributed by atoms with E-state index < -0.39 is 5.60 Å². The van der Waals surface area contributed by atoms with Gasteiger partial charge in [-0.25, -0.2) is 0 Å². The fourth-order valence-corrected chi connectivity index (χ4v) is 4.21. The summed E-state index contributed by atoms with van der Waals surface area (Å²) in [6.45, 7) is 1.75. The Morgan fingerprint density at radius 2 is 1.93 bits per heavy atom. The molecule has 148 valence electrons. The first-order chi connectivity index (χ1) is 13.4. The van der Waals surface area contributed by atoms with Crippen LogP contribution in [0, 0.1) is 5.92 Å². The number of carbonyl (C=O) groups is 2. The molecule has 2 fully saturated rings. The van der Waals surface area contributed by atoms with Gasteiger partial charge in [-0.1, -0.05) is 23.7 Å². The van der Waals surface area contributed by atoms with Gasteiger partial charge in [-0.15, -0.1) is 0 Å². The average molecular weight is 403 g/mol. The molecule has 1 atom stereocenters. The molecule has 1 N–H and O–H groups in total. The largest absolute Gasteiger partial charge is 0.467 e. The van der Waals surface area contributed by atoms with Crippen molar-refractivity contribution < 1.29 is 19.1 Å². The topological polar surface area (TPSA) is 74.0 Å². The number of nitrogens with zero attached hydrogens (tertiary/aromatic N) is 2. The SMILES string of the molecule is O=C1C[C@@H](C(=O)N2CCC(O)(c3ccc(Cl)cc3)CC2)CN1Cc1ccco1. The molecule has 0 aliphatic carbocycles. The first kappa shape index (κ1) is 19.0. The van der Waals surface area contributed by atoms with Crippen molar-refractivity contribution in [3.63, 3.8) is 0 Å². The summed E-state index contributed by atoms with van der Waals surface area (Å²) in [6.07, 6.45) is 2.75. The Labute approximate surface area is 168 Å². The summed E-state index contributed by atoms with van der Waals surface area (Å²) in [7, 11) is 0. The molecule has 1 aromatic heterocycles. The highest BCUT2D eigenvalue weighted by Crippen LogP contribution is 2.34. The number of hydrogen-bond acceptors (Lipinski definition) is 4. The molecule has 0 spiro atoms. The summed E-state index contributed by atoms with van der Waals surface area (Å²) in [5.74, 6) is 0.356. The van der Waals surface area contributed by atoms with E-state index in [1.165, 1.54) is 0 Å². The van der Waals surface area contributed by atoms with Crippen LogP contribution in [0.1, 0.15) is 30.6 Å². The second-order valence-corrected chi connectivity index (χ2v) is 8.05. The van der Waals surface area contributed by atoms with Crippen LogP contribution in [0.15, 0.2) is 47.1 Å². The van der Waals surface area contributed by atoms with Crippen LogP contribution in [0.2, 0.25) is 5.02 Å². The van der Waals surface area contributed by atoms with Crippen LogP contribution >= 0.6 is 11.6 Å². The van der Waals surface area contributed by atoms with Gasteiger partial charge in [0.25, 0.3) is 0 Å². The van der Waals surface area contributed by atoms with E-state index in [0.717, 1.165) is 5.56 Å². The van der Waals surface area contributed by atoms with Gasteiger partial charge in [-0.05, 0) is 42.7 Å². The summed E-state index contributed by atoms with van der Waals surface area (Å²) in [5, 5.41) is 11.6. The predicted molar refractivity (Wildman–Crippen MR) is 103 cm³/mol. The average Bonchev–Trinajstić information content (AvgIpc) is 3.33. The van der Waals surface area contributed by atoms with Crippen LogP contribution < -0.4 is 0 Å². The highest BCUT2D eigenvalue weighted by atomic mass is 35.5. The zero-order valence-corrected chi connectivity index (χ0v) is 16.3. The van der Waals surface area contributed by atoms with E-state index in [9.17, 15) is 14.7 Å². The molecule has 7 heteroatoms. The van der Waals surface area contributed by atoms with E-state index in [-0.39, 0.29) is 24.2 Å². The normalized spacial score (nSPS) is 21.9. The van der Waals surface area contributed by atoms with Crippen molar-refractivity contribution >= 4 is 23.4 Å². The number of likely N-dealkylation sites (tertiary alicyclic amines) is 2. The van der Waals surface area contributed by atoms with E-state index in [4.69, 9.17) is 16.0 Å². The Balaban J connectivity index is 1.35. The van der Waals surface area contributed by atoms with Crippen molar-refractivity contribution in [2.75, 3.05) is 19.6 Å². The van der Waals surface area contributed by atoms with Gasteiger partial charge in [-0.2, -0.15) is 0 Å². The third-order valence-corrected chi connectivity index (χ3v) is 6.03. The van der Waals surface area contributed by atoms with Gasteiger partial charge in [0.2, 0.25) is 11.8 Å². The van der Waals surface area contributed by atoms with Crippen molar-refractivity contribution in [2.45, 2.75) is 31.4 Å². The molecule has 28 heavy (non-hydrogen) atoms. The molecule has 0 radical (unpaired) electrons. The minimum Gasteiger partial charge on any atom is -0.467 e. The van der Waals surface area contributed by atoms with E-state index in [0.29, 0.717) is 49.8 Å². The molecule has 2 aliphatic rings. The van der Waals surface area contributed by atoms with E-state index in [2.05, 4.69) is 0 Å². The van der Waals surface area contributed by atoms with Gasteiger partial charge in [0, 0.05) is 31.1 Å². The van der Waals surface area contributed by atoms with Crippen molar-refractivity contribution in [1.82, 2.24) is 9.80 Å². The minimum atomic E-state index is -0.946. The predicted octanol–water partition coefficient (Wildman–Crippen LogP) is 2.79. The number of rotatable bonds is 4. The fraction of sp³-hybridized carbons (Fsp3) is 0.429. The van der Waals surface area contributed by atoms with Crippen molar-refractivity contribution in [2.24, 2.45) is 5.92 Å². The number of hydrogen-bond donors (Lipinski definition) is 1. The highest BCUT2D eigenvalue weighted by molar-refractivity contribution is 6.30. The first-order valence-corrected chi connectivity index (χ1v) is 9.90. The molecule has 0 unspecified atom stereocenters. The quantitative estimate of drug-likeness (QED) is 0.853. The monoisotopic (exact) mass is 402 g/mol. The van der Waals surface area contributed by atoms with E-state index >= 15 is 0 Å². The molecule has 3 heterocycles. The number of halogens is 1. The maximum Gasteiger partial charge on any atom is 0.227 e. The maximum absolute atomic E-state index is 12.9. The molecule has 0 saturated carbocycles. The van der Waals surface area contributed by atoms with Gasteiger partial charge < -0.3 is 19.3 Å². The van der Waals surface area contributed by atoms with Crippen LogP contribution in [-0.2, 0) is 21.7 Å². The number of carbonyl (C=O) groups excluding carboxylic acids is 2. The molecule has 2 saturated heterocycles. The number of furan rings is 1. The second kappa shape index (κ2) is 7.60. The molecule has 6 nitrogen and oxygen atoms in total. The molecule has 4 rings (SSSR count). The van der Waals surface area contributed by atoms with Crippen LogP contribution in [0.25, 0.3) is 0 Å². The summed E-state index contributed by atoms with van der Waals surface area (Å²) >= 11 is 5.93. The smallest absolute Gasteiger partial charge is 0.227 e. The Bertz CT molecular complexity index is 842. The van der Waals surface area contributed by atoms with Crippen molar-refractivity contribution in [1.29, 1.82) is 0 Å². The lowest BCUT2D eigenvalue weighted by molar-refractivity contribution is -0.140. The van der Waals surface area contributed by atoms with Crippen LogP contribution in [-0.4, -0.2) is 46.4 Å². The number of benzene rings is 1. The van der Waals surface area contributed by atoms with Gasteiger partial charge >= 0.3 is 0 Å². The number of piperidine rings is 1. The molecular formula is C21H23ClN2O4. The molecule has 0 bridgehead atoms. The zero-order chi connectivity index (χ0) is 19.7. The Morgan fingerprint density at radius 1 is 1.21 bits per heavy atom. The maximum atomic E-state index is 12.9. The van der Waals surface area contributed by atoms with Crippen LogP contribution in [0.5, 0.6) is 0 Å². The third-order valence-electron chi connectivity index (χ3n) is 5.77. The molecule has 2 amide bonds. The molecular weight excluding hydrogens is 380 g/mol. The lowest BCUT2D eigenvalue weighted by atomic mass is 9.84. The number of aliphatic hydroxyl groups is 1. The third kappa shape index (κ3) is 3.80. The Hall–Kier alpha value is -2.31. The molecule has 1 aromatic carbocycles. The second-order valence-electron chi connectivity index (χ2n) is 7.62. The summed E-state index contributed by atoms with van der Waals surface area (Å²) in [4.78, 5) is 28.6. The lowest BCUT2D eigenvalue weighted by Crippen LogP contribution is -2.47. The van der Waals surface area contributed by atoms with E-state index in [1.54, 1.807) is 34.3 Å². The van der Waals surface area contributed by atoms with E-state index in [1.807, 2.05) is 18.2 Å². The minimum absolute atomic E-state index is 0.00606. The summed E-state index contributed by atoms with van der Waals surface area (Å²) in [6, 6.07) is 10.8. The summed E-state index contributed by atoms with van der Waals surface area (Å²) < 4.78 is 5.30.